The molecule has 1 amide bonds. The number of amides is 1. The molecule has 0 saturated carbocycles. The molecule has 0 saturated heterocycles. The third-order valence-corrected chi connectivity index (χ3v) is 6.60. The number of rotatable bonds is 6. The predicted molar refractivity (Wildman–Crippen MR) is 127 cm³/mol. The Balaban J connectivity index is 1.66. The van der Waals surface area contributed by atoms with Gasteiger partial charge in [-0.25, -0.2) is 31.4 Å². The zero-order chi connectivity index (χ0) is 26.4. The highest BCUT2D eigenvalue weighted by atomic mass is 35.5. The van der Waals surface area contributed by atoms with Crippen LogP contribution in [0.15, 0.2) is 58.3 Å². The second-order valence-corrected chi connectivity index (χ2v) is 9.97. The van der Waals surface area contributed by atoms with Gasteiger partial charge in [-0.05, 0) is 35.9 Å². The molecular weight excluding hydrogens is 522 g/mol. The zero-order valence-corrected chi connectivity index (χ0v) is 20.0. The van der Waals surface area contributed by atoms with Gasteiger partial charge in [-0.3, -0.25) is 4.79 Å². The summed E-state index contributed by atoms with van der Waals surface area (Å²) < 4.78 is 58.8. The minimum absolute atomic E-state index is 0.0242. The fourth-order valence-corrected chi connectivity index (χ4v) is 4.70. The maximum atomic E-state index is 13.8. The van der Waals surface area contributed by atoms with E-state index < -0.39 is 38.9 Å². The largest absolute Gasteiger partial charge is 0.487 e. The van der Waals surface area contributed by atoms with Crippen molar-refractivity contribution >= 4 is 38.7 Å². The lowest BCUT2D eigenvalue weighted by Gasteiger charge is -2.12. The van der Waals surface area contributed by atoms with Crippen molar-refractivity contribution in [1.82, 2.24) is 13.1 Å². The average molecular weight is 539 g/mol. The van der Waals surface area contributed by atoms with Gasteiger partial charge in [0.2, 0.25) is 10.0 Å². The summed E-state index contributed by atoms with van der Waals surface area (Å²) in [5.41, 5.74) is 3.77. The van der Waals surface area contributed by atoms with Crippen LogP contribution in [-0.4, -0.2) is 33.8 Å². The van der Waals surface area contributed by atoms with Crippen molar-refractivity contribution in [2.75, 3.05) is 6.26 Å². The fraction of sp³-hybridized carbons (Fsp3) is 0.136. The molecule has 2 heterocycles. The van der Waals surface area contributed by atoms with Gasteiger partial charge in [0.25, 0.3) is 5.56 Å². The van der Waals surface area contributed by atoms with Crippen LogP contribution in [0.5, 0.6) is 5.75 Å². The van der Waals surface area contributed by atoms with Crippen molar-refractivity contribution in [1.29, 1.82) is 0 Å². The standard InChI is InChI=1S/C22H17ClF2N4O6S/c1-36(33,34)29-17-8-12(2-5-16(17)28(21(26)31)22(29)32)10-27-7-6-18(19(23)20(27)30)35-11-13-3-4-14(24)9-15(13)25/h2-9H,10-11H2,1H3,(H2,26,31). The number of carbonyl (C=O) groups is 1. The van der Waals surface area contributed by atoms with Crippen LogP contribution in [0.3, 0.4) is 0 Å². The number of benzene rings is 2. The first-order chi connectivity index (χ1) is 16.9. The number of fused-ring (bicyclic) bond motifs is 1. The lowest BCUT2D eigenvalue weighted by atomic mass is 10.2. The molecule has 2 aromatic carbocycles. The van der Waals surface area contributed by atoms with E-state index in [-0.39, 0.29) is 40.5 Å². The van der Waals surface area contributed by atoms with E-state index in [0.29, 0.717) is 20.2 Å². The zero-order valence-electron chi connectivity index (χ0n) is 18.4. The Kier molecular flexibility index (Phi) is 6.45. The van der Waals surface area contributed by atoms with Crippen LogP contribution in [-0.2, 0) is 23.2 Å². The predicted octanol–water partition coefficient (Wildman–Crippen LogP) is 2.26. The van der Waals surface area contributed by atoms with Gasteiger partial charge in [0.15, 0.2) is 0 Å². The molecule has 0 atom stereocenters. The summed E-state index contributed by atoms with van der Waals surface area (Å²) in [6, 6.07) is 7.35. The molecule has 0 spiro atoms. The summed E-state index contributed by atoms with van der Waals surface area (Å²) >= 11 is 6.14. The SMILES string of the molecule is CS(=O)(=O)n1c(=O)n(C(N)=O)c2ccc(Cn3ccc(OCc4ccc(F)cc4F)c(Cl)c3=O)cc21. The molecule has 0 radical (unpaired) electrons. The first-order valence-corrected chi connectivity index (χ1v) is 12.3. The van der Waals surface area contributed by atoms with Gasteiger partial charge in [-0.2, -0.15) is 3.97 Å². The molecule has 188 valence electrons. The van der Waals surface area contributed by atoms with E-state index in [1.165, 1.54) is 41.1 Å². The Morgan fingerprint density at radius 3 is 2.44 bits per heavy atom. The van der Waals surface area contributed by atoms with Crippen LogP contribution in [0.4, 0.5) is 13.6 Å². The molecule has 0 aliphatic rings. The van der Waals surface area contributed by atoms with Gasteiger partial charge in [0.05, 0.1) is 23.8 Å². The first-order valence-electron chi connectivity index (χ1n) is 10.1. The molecule has 0 aliphatic carbocycles. The van der Waals surface area contributed by atoms with Crippen molar-refractivity contribution in [3.63, 3.8) is 0 Å². The Hall–Kier alpha value is -3.97. The minimum atomic E-state index is -4.10. The highest BCUT2D eigenvalue weighted by molar-refractivity contribution is 7.89. The van der Waals surface area contributed by atoms with Gasteiger partial charge in [0, 0.05) is 17.8 Å². The molecule has 0 aliphatic heterocycles. The molecule has 4 aromatic rings. The summed E-state index contributed by atoms with van der Waals surface area (Å²) in [6.07, 6.45) is 2.15. The lowest BCUT2D eigenvalue weighted by molar-refractivity contribution is 0.250. The van der Waals surface area contributed by atoms with Crippen LogP contribution < -0.4 is 21.7 Å². The van der Waals surface area contributed by atoms with Crippen LogP contribution >= 0.6 is 11.6 Å². The molecule has 0 bridgehead atoms. The number of halogens is 3. The summed E-state index contributed by atoms with van der Waals surface area (Å²) in [5, 5.41) is -0.297. The lowest BCUT2D eigenvalue weighted by Crippen LogP contribution is -2.35. The third kappa shape index (κ3) is 4.62. The molecule has 2 N–H and O–H groups in total. The minimum Gasteiger partial charge on any atom is -0.487 e. The van der Waals surface area contributed by atoms with Gasteiger partial charge >= 0.3 is 11.7 Å². The Bertz CT molecular complexity index is 1760. The van der Waals surface area contributed by atoms with Crippen molar-refractivity contribution < 1.29 is 26.7 Å². The number of nitrogens with two attached hydrogens (primary N) is 1. The molecule has 36 heavy (non-hydrogen) atoms. The van der Waals surface area contributed by atoms with Crippen molar-refractivity contribution in [2.24, 2.45) is 5.73 Å². The van der Waals surface area contributed by atoms with Gasteiger partial charge in [-0.15, -0.1) is 0 Å². The van der Waals surface area contributed by atoms with E-state index in [0.717, 1.165) is 12.3 Å². The monoisotopic (exact) mass is 538 g/mol. The molecule has 0 unspecified atom stereocenters. The first kappa shape index (κ1) is 25.1. The molecule has 14 heteroatoms. The normalized spacial score (nSPS) is 11.7. The summed E-state index contributed by atoms with van der Waals surface area (Å²) in [6.45, 7) is -0.382. The highest BCUT2D eigenvalue weighted by Crippen LogP contribution is 2.23. The summed E-state index contributed by atoms with van der Waals surface area (Å²) in [5.74, 6) is -1.58. The fourth-order valence-electron chi connectivity index (χ4n) is 3.61. The quantitative estimate of drug-likeness (QED) is 0.400. The van der Waals surface area contributed by atoms with Gasteiger partial charge in [-0.1, -0.05) is 17.7 Å². The molecule has 10 nitrogen and oxygen atoms in total. The Morgan fingerprint density at radius 2 is 1.81 bits per heavy atom. The van der Waals surface area contributed by atoms with E-state index in [4.69, 9.17) is 22.1 Å². The van der Waals surface area contributed by atoms with Crippen molar-refractivity contribution in [3.8, 4) is 5.75 Å². The number of primary amides is 1. The number of hydrogen-bond donors (Lipinski definition) is 1. The van der Waals surface area contributed by atoms with Crippen LogP contribution in [0.25, 0.3) is 11.0 Å². The van der Waals surface area contributed by atoms with E-state index in [2.05, 4.69) is 0 Å². The highest BCUT2D eigenvalue weighted by Gasteiger charge is 2.22. The maximum absolute atomic E-state index is 13.8. The topological polar surface area (TPSA) is 135 Å². The number of ether oxygens (including phenoxy) is 1. The number of carbonyl (C=O) groups excluding carboxylic acids is 1. The number of imidazole rings is 1. The molecule has 4 rings (SSSR count). The Morgan fingerprint density at radius 1 is 1.08 bits per heavy atom. The molecular formula is C22H17ClF2N4O6S. The van der Waals surface area contributed by atoms with E-state index in [1.807, 2.05) is 0 Å². The Labute approximate surface area is 206 Å². The smallest absolute Gasteiger partial charge is 0.351 e. The van der Waals surface area contributed by atoms with Crippen LogP contribution in [0, 0.1) is 11.6 Å². The van der Waals surface area contributed by atoms with E-state index >= 15 is 0 Å². The van der Waals surface area contributed by atoms with Crippen LogP contribution in [0.2, 0.25) is 5.02 Å². The van der Waals surface area contributed by atoms with Crippen LogP contribution in [0.1, 0.15) is 11.1 Å². The second-order valence-electron chi connectivity index (χ2n) is 7.76. The molecule has 2 aromatic heterocycles. The number of hydrogen-bond acceptors (Lipinski definition) is 6. The van der Waals surface area contributed by atoms with Crippen molar-refractivity contribution in [2.45, 2.75) is 13.2 Å². The van der Waals surface area contributed by atoms with E-state index in [9.17, 15) is 31.6 Å². The van der Waals surface area contributed by atoms with Gasteiger partial charge in [0.1, 0.15) is 29.0 Å². The second kappa shape index (κ2) is 9.24. The third-order valence-electron chi connectivity index (χ3n) is 5.24. The molecule has 0 fully saturated rings. The summed E-state index contributed by atoms with van der Waals surface area (Å²) in [7, 11) is -4.10. The number of aromatic nitrogens is 3. The van der Waals surface area contributed by atoms with Crippen molar-refractivity contribution in [3.05, 3.63) is 97.3 Å². The number of pyridine rings is 1. The number of nitrogens with zero attached hydrogens (tertiary/aromatic N) is 3. The summed E-state index contributed by atoms with van der Waals surface area (Å²) in [4.78, 5) is 37.0. The maximum Gasteiger partial charge on any atom is 0.351 e. The van der Waals surface area contributed by atoms with Gasteiger partial charge < -0.3 is 15.0 Å². The average Bonchev–Trinajstić information content (AvgIpc) is 3.09. The van der Waals surface area contributed by atoms with E-state index in [1.54, 1.807) is 0 Å².